The van der Waals surface area contributed by atoms with Crippen LogP contribution in [0.15, 0.2) is 16.7 Å². The van der Waals surface area contributed by atoms with Crippen LogP contribution in [0.4, 0.5) is 0 Å². The first-order valence-corrected chi connectivity index (χ1v) is 3.75. The van der Waals surface area contributed by atoms with E-state index in [-0.39, 0.29) is 47.0 Å². The van der Waals surface area contributed by atoms with Crippen molar-refractivity contribution in [2.24, 2.45) is 5.41 Å². The fraction of sp³-hybridized carbons (Fsp3) is 0.545. The second-order valence-corrected chi connectivity index (χ2v) is 3.62. The average molecular weight is 235 g/mol. The van der Waals surface area contributed by atoms with Gasteiger partial charge in [0.25, 0.3) is 0 Å². The normalized spacial score (nSPS) is 18.1. The molecule has 1 rings (SSSR count). The molecule has 0 nitrogen and oxygen atoms in total. The van der Waals surface area contributed by atoms with Gasteiger partial charge in [0.15, 0.2) is 0 Å². The number of allylic oxidation sites excluding steroid dienone is 4. The minimum Gasteiger partial charge on any atom is -0.358 e. The minimum atomic E-state index is 0. The standard InChI is InChI=1S/C10H15.CH3.ClH.Ti/c1-7-6-10(4,5)9(3)8(7)2;;;/h1-5H3;1H3;1H;/q2*-1;;+2. The van der Waals surface area contributed by atoms with E-state index in [0.717, 1.165) is 0 Å². The molecule has 0 atom stereocenters. The molecule has 0 heterocycles. The zero-order valence-corrected chi connectivity index (χ0v) is 11.8. The van der Waals surface area contributed by atoms with Crippen LogP contribution in [0.1, 0.15) is 34.6 Å². The Labute approximate surface area is 104 Å². The number of hydrogen-bond acceptors (Lipinski definition) is 0. The van der Waals surface area contributed by atoms with Gasteiger partial charge in [-0.15, -0.1) is 19.3 Å². The summed E-state index contributed by atoms with van der Waals surface area (Å²) in [6, 6.07) is 0. The van der Waals surface area contributed by atoms with Crippen molar-refractivity contribution in [1.29, 1.82) is 0 Å². The topological polar surface area (TPSA) is 0 Å². The summed E-state index contributed by atoms with van der Waals surface area (Å²) < 4.78 is 0. The van der Waals surface area contributed by atoms with E-state index in [4.69, 9.17) is 0 Å². The van der Waals surface area contributed by atoms with Crippen molar-refractivity contribution in [1.82, 2.24) is 0 Å². The first-order valence-electron chi connectivity index (χ1n) is 3.75. The minimum absolute atomic E-state index is 0. The van der Waals surface area contributed by atoms with Crippen LogP contribution in [0.5, 0.6) is 0 Å². The Morgan fingerprint density at radius 2 is 1.46 bits per heavy atom. The number of hydrogen-bond donors (Lipinski definition) is 0. The fourth-order valence-corrected chi connectivity index (χ4v) is 1.41. The summed E-state index contributed by atoms with van der Waals surface area (Å²) >= 11 is 0. The molecule has 0 N–H and O–H groups in total. The van der Waals surface area contributed by atoms with Gasteiger partial charge in [-0.1, -0.05) is 33.1 Å². The van der Waals surface area contributed by atoms with Crippen LogP contribution < -0.4 is 0 Å². The summed E-state index contributed by atoms with van der Waals surface area (Å²) in [5.74, 6) is 0. The predicted octanol–water partition coefficient (Wildman–Crippen LogP) is 3.98. The van der Waals surface area contributed by atoms with Gasteiger partial charge in [0.05, 0.1) is 0 Å². The Balaban J connectivity index is -0.000000333. The molecule has 0 aromatic rings. The van der Waals surface area contributed by atoms with Gasteiger partial charge in [0, 0.05) is 0 Å². The van der Waals surface area contributed by atoms with Crippen LogP contribution in [0.2, 0.25) is 0 Å². The number of halogens is 1. The van der Waals surface area contributed by atoms with Gasteiger partial charge < -0.3 is 7.43 Å². The van der Waals surface area contributed by atoms with E-state index in [1.54, 1.807) is 0 Å². The molecule has 13 heavy (non-hydrogen) atoms. The molecule has 0 amide bonds. The zero-order chi connectivity index (χ0) is 7.94. The summed E-state index contributed by atoms with van der Waals surface area (Å²) in [7, 11) is 0. The molecule has 0 aliphatic heterocycles. The Morgan fingerprint density at radius 1 is 1.08 bits per heavy atom. The van der Waals surface area contributed by atoms with Gasteiger partial charge in [-0.05, 0) is 0 Å². The zero-order valence-electron chi connectivity index (χ0n) is 9.41. The van der Waals surface area contributed by atoms with Crippen LogP contribution >= 0.6 is 12.4 Å². The molecule has 0 aromatic carbocycles. The fourth-order valence-electron chi connectivity index (χ4n) is 1.41. The van der Waals surface area contributed by atoms with Crippen LogP contribution in [0.3, 0.4) is 0 Å². The molecule has 0 unspecified atom stereocenters. The van der Waals surface area contributed by atoms with E-state index in [1.165, 1.54) is 16.7 Å². The van der Waals surface area contributed by atoms with E-state index in [9.17, 15) is 0 Å². The molecule has 0 radical (unpaired) electrons. The summed E-state index contributed by atoms with van der Waals surface area (Å²) in [6.07, 6.45) is 3.44. The van der Waals surface area contributed by atoms with Crippen molar-refractivity contribution in [3.8, 4) is 0 Å². The SMILES string of the molecule is CC1=[C-]C(C)(C)C(C)=C1C.Cl.[CH3-].[Ti+2]. The van der Waals surface area contributed by atoms with Gasteiger partial charge >= 0.3 is 21.7 Å². The van der Waals surface area contributed by atoms with Crippen molar-refractivity contribution in [2.75, 3.05) is 0 Å². The molecule has 1 aliphatic carbocycles. The van der Waals surface area contributed by atoms with Gasteiger partial charge in [-0.3, -0.25) is 6.08 Å². The van der Waals surface area contributed by atoms with Crippen LogP contribution in [-0.4, -0.2) is 0 Å². The summed E-state index contributed by atoms with van der Waals surface area (Å²) in [6.45, 7) is 10.9. The quantitative estimate of drug-likeness (QED) is 0.439. The molecule has 0 spiro atoms. The molecule has 0 bridgehead atoms. The molecule has 0 fully saturated rings. The molecular weight excluding hydrogens is 215 g/mol. The maximum Gasteiger partial charge on any atom is 2.00 e. The van der Waals surface area contributed by atoms with Crippen molar-refractivity contribution >= 4 is 12.4 Å². The first-order chi connectivity index (χ1) is 4.45. The second-order valence-electron chi connectivity index (χ2n) is 3.62. The monoisotopic (exact) mass is 234 g/mol. The largest absolute Gasteiger partial charge is 2.00 e. The molecule has 0 saturated carbocycles. The van der Waals surface area contributed by atoms with Gasteiger partial charge in [-0.25, -0.2) is 5.57 Å². The predicted molar refractivity (Wildman–Crippen MR) is 58.2 cm³/mol. The van der Waals surface area contributed by atoms with Crippen LogP contribution in [-0.2, 0) is 21.7 Å². The van der Waals surface area contributed by atoms with Crippen molar-refractivity contribution < 1.29 is 21.7 Å². The van der Waals surface area contributed by atoms with E-state index >= 15 is 0 Å². The summed E-state index contributed by atoms with van der Waals surface area (Å²) in [4.78, 5) is 0. The van der Waals surface area contributed by atoms with Gasteiger partial charge in [-0.2, -0.15) is 11.1 Å². The van der Waals surface area contributed by atoms with Gasteiger partial charge in [0.1, 0.15) is 0 Å². The Bertz CT molecular complexity index is 224. The smallest absolute Gasteiger partial charge is 0.358 e. The van der Waals surface area contributed by atoms with Crippen molar-refractivity contribution in [3.63, 3.8) is 0 Å². The summed E-state index contributed by atoms with van der Waals surface area (Å²) in [5.41, 5.74) is 4.39. The summed E-state index contributed by atoms with van der Waals surface area (Å²) in [5, 5.41) is 0. The molecule has 0 aromatic heterocycles. The Hall–Kier alpha value is 0.484. The molecule has 74 valence electrons. The van der Waals surface area contributed by atoms with E-state index in [0.29, 0.717) is 0 Å². The third-order valence-electron chi connectivity index (χ3n) is 2.56. The molecule has 0 saturated heterocycles. The molecule has 1 aliphatic rings. The van der Waals surface area contributed by atoms with Crippen molar-refractivity contribution in [3.05, 3.63) is 30.2 Å². The van der Waals surface area contributed by atoms with E-state index in [1.807, 2.05) is 0 Å². The third kappa shape index (κ3) is 3.61. The van der Waals surface area contributed by atoms with E-state index in [2.05, 4.69) is 40.7 Å². The molecule has 2 heteroatoms. The first kappa shape index (κ1) is 19.1. The average Bonchev–Trinajstić information content (AvgIpc) is 1.95. The van der Waals surface area contributed by atoms with E-state index < -0.39 is 0 Å². The van der Waals surface area contributed by atoms with Crippen LogP contribution in [0.25, 0.3) is 0 Å². The van der Waals surface area contributed by atoms with Crippen molar-refractivity contribution in [2.45, 2.75) is 34.6 Å². The van der Waals surface area contributed by atoms with Gasteiger partial charge in [0.2, 0.25) is 0 Å². The second kappa shape index (κ2) is 6.06. The molecular formula is C11H19ClTi. The van der Waals surface area contributed by atoms with Crippen LogP contribution in [0, 0.1) is 18.9 Å². The number of rotatable bonds is 0. The maximum absolute atomic E-state index is 3.44. The Kier molecular flexibility index (Phi) is 8.91. The third-order valence-corrected chi connectivity index (χ3v) is 2.56. The Morgan fingerprint density at radius 3 is 1.54 bits per heavy atom. The maximum atomic E-state index is 3.44.